The van der Waals surface area contributed by atoms with Crippen molar-refractivity contribution < 1.29 is 126 Å². The number of hydrogen-bond acceptors (Lipinski definition) is 27. The number of Topliss-reactive ketones (excluding diaryl/α,β-unsaturated/α-hetero) is 2. The summed E-state index contributed by atoms with van der Waals surface area (Å²) in [5.41, 5.74) is 4.38. The predicted octanol–water partition coefficient (Wildman–Crippen LogP) is 2.55. The number of likely N-dealkylation sites (N-methyl/N-ethyl adjacent to an activating group) is 2. The number of phenolic OH excluding ortho intramolecular Hbond substituents is 2. The van der Waals surface area contributed by atoms with Crippen molar-refractivity contribution in [1.82, 2.24) is 39.9 Å². The van der Waals surface area contributed by atoms with E-state index in [4.69, 9.17) is 20.3 Å². The number of nitrogens with one attached hydrogen (secondary N) is 6. The van der Waals surface area contributed by atoms with Gasteiger partial charge in [0.15, 0.2) is 11.6 Å². The van der Waals surface area contributed by atoms with Gasteiger partial charge in [-0.25, -0.2) is 38.8 Å². The topological polar surface area (TPSA) is 589 Å². The Morgan fingerprint density at radius 2 is 1.04 bits per heavy atom. The van der Waals surface area contributed by atoms with Gasteiger partial charge in [-0.2, -0.15) is 0 Å². The van der Waals surface area contributed by atoms with Gasteiger partial charge in [-0.15, -0.1) is 0 Å². The number of amides is 8. The maximum Gasteiger partial charge on any atom is 0.306 e. The van der Waals surface area contributed by atoms with Crippen LogP contribution in [0.25, 0.3) is 11.1 Å². The van der Waals surface area contributed by atoms with E-state index in [9.17, 15) is 111 Å². The number of unbranched alkanes of at least 4 members (excludes halogenated alkanes) is 12. The highest BCUT2D eigenvalue weighted by atomic mass is 32.2. The molecule has 0 radical (unpaired) electrons. The lowest BCUT2D eigenvalue weighted by molar-refractivity contribution is -0.157. The number of carbonyl (C=O) groups is 13. The molecule has 0 saturated heterocycles. The van der Waals surface area contributed by atoms with Gasteiger partial charge in [0.25, 0.3) is 5.91 Å². The molecule has 0 fully saturated rings. The summed E-state index contributed by atoms with van der Waals surface area (Å²) in [6, 6.07) is 3.18. The number of primary sulfonamides is 1. The van der Waals surface area contributed by atoms with E-state index < -0.39 is 178 Å². The Balaban J connectivity index is 0. The maximum atomic E-state index is 14.2. The average Bonchev–Trinajstić information content (AvgIpc) is 0.785. The molecule has 0 aliphatic carbocycles. The number of aliphatic hydroxyl groups excluding tert-OH is 1. The fourth-order valence-corrected chi connectivity index (χ4v) is 11.7. The molecular formula is C72H120N10O27S4. The molecule has 644 valence electrons. The van der Waals surface area contributed by atoms with Crippen molar-refractivity contribution in [1.29, 1.82) is 0 Å². The minimum absolute atomic E-state index is 0.0564. The van der Waals surface area contributed by atoms with Crippen LogP contribution in [-0.2, 0) is 118 Å². The first-order valence-corrected chi connectivity index (χ1v) is 44.0. The molecule has 1 aliphatic heterocycles. The van der Waals surface area contributed by atoms with E-state index in [0.717, 1.165) is 49.2 Å². The third kappa shape index (κ3) is 53.0. The van der Waals surface area contributed by atoms with Crippen LogP contribution in [0, 0.1) is 5.92 Å². The number of nitrogens with two attached hydrogens (primary N) is 2. The highest BCUT2D eigenvalue weighted by Gasteiger charge is 2.35. The molecule has 2 aromatic rings. The Bertz CT molecular complexity index is 3990. The van der Waals surface area contributed by atoms with Crippen LogP contribution in [0.5, 0.6) is 11.5 Å². The second kappa shape index (κ2) is 51.9. The summed E-state index contributed by atoms with van der Waals surface area (Å²) in [5, 5.41) is 52.1. The van der Waals surface area contributed by atoms with Crippen LogP contribution in [0.3, 0.4) is 0 Å². The molecule has 0 unspecified atom stereocenters. The standard InChI is InChI=1S/C51H76N6O13S.C9H17NO5S.C8H14O4.C3H8N2O3S.CH5NO2S/c1-7-8-9-10-11-12-13-14-15-16-17-18-19-20-46(64)56(4)40(32-58)51(68)53-34(3)41(59)25-26-47(65)57(5)48-36-22-24-43(61)38(30-36)37-28-35(21-23-42(37)60)29-39(54-49(66)33(2)27-44(48)62)50(67)52-31-45(63)55-71(6,69)70;1-9(2,3)15-8(12)6-5-7(11)10-16(4,13)14;1-8(2,3)12-7(11)5-4-6(9)10;1-9(7,8)5-3(6)2-4;1-5(2,3)4/h21-24,28,30,33-34,39-40,48,58,60-61H,7-20,25-27,29,31-32H2,1-6H3,(H,52,67)(H,53,68)(H,54,66)(H,55,63);5-6H2,1-4H3,(H,10,11);4-5H2,1-3H3,(H,9,10);2,4H2,1H3,(H,5,6);1H3,(H2,2,3,4)/t33-,34-,39+,40-,48+;;;;/m1..../s1. The molecule has 0 saturated carbocycles. The van der Waals surface area contributed by atoms with Gasteiger partial charge in [0.2, 0.25) is 81.4 Å². The van der Waals surface area contributed by atoms with Crippen LogP contribution >= 0.6 is 0 Å². The van der Waals surface area contributed by atoms with Crippen molar-refractivity contribution in [3.8, 4) is 22.6 Å². The molecular weight excluding hydrogens is 1570 g/mol. The highest BCUT2D eigenvalue weighted by molar-refractivity contribution is 7.89. The van der Waals surface area contributed by atoms with Crippen LogP contribution in [0.4, 0.5) is 0 Å². The number of benzene rings is 2. The number of hydrogen-bond donors (Lipinski definition) is 12. The molecule has 8 amide bonds. The second-order valence-electron chi connectivity index (χ2n) is 29.0. The maximum absolute atomic E-state index is 14.2. The number of ketones is 2. The smallest absolute Gasteiger partial charge is 0.306 e. The summed E-state index contributed by atoms with van der Waals surface area (Å²) in [6.45, 7) is 13.7. The monoisotopic (exact) mass is 1680 g/mol. The Hall–Kier alpha value is -8.77. The molecule has 0 spiro atoms. The predicted molar refractivity (Wildman–Crippen MR) is 419 cm³/mol. The number of aliphatic carboxylic acids is 1. The van der Waals surface area contributed by atoms with E-state index >= 15 is 0 Å². The van der Waals surface area contributed by atoms with Gasteiger partial charge in [-0.1, -0.05) is 103 Å². The first-order chi connectivity index (χ1) is 51.8. The molecule has 2 aromatic carbocycles. The number of carboxylic acids is 1. The molecule has 3 rings (SSSR count). The largest absolute Gasteiger partial charge is 0.507 e. The third-order valence-corrected chi connectivity index (χ3v) is 17.3. The molecule has 41 heteroatoms. The lowest BCUT2D eigenvalue weighted by atomic mass is 9.89. The van der Waals surface area contributed by atoms with Gasteiger partial charge in [-0.05, 0) is 90.3 Å². The number of carboxylic acid groups (broad SMARTS) is 1. The summed E-state index contributed by atoms with van der Waals surface area (Å²) in [7, 11) is -11.3. The number of phenols is 2. The van der Waals surface area contributed by atoms with Gasteiger partial charge in [0.05, 0.1) is 70.0 Å². The SMILES string of the molecule is CC(C)(C)OC(=O)CCC(=O)NS(C)(=O)=O.CC(C)(C)OC(=O)CCC(=O)O.CCCCCCCCCCCCCCCC(=O)N(C)[C@H](CO)C(=O)N[C@H](C)C(=O)CCC(=O)N(C)[C@@H]1C(=O)C[C@@H](C)C(=O)N[C@H](C(=O)NCC(=O)NS(C)(=O)=O)Cc2ccc(O)c(c2)-c2cc1ccc2O.CS(=O)(=O)NC(=O)CN.CS(N)(=O)=O. The van der Waals surface area contributed by atoms with Gasteiger partial charge in [0, 0.05) is 69.7 Å². The van der Waals surface area contributed by atoms with Crippen molar-refractivity contribution in [2.75, 3.05) is 58.8 Å². The molecule has 113 heavy (non-hydrogen) atoms. The van der Waals surface area contributed by atoms with E-state index in [1.54, 1.807) is 55.7 Å². The number of esters is 2. The van der Waals surface area contributed by atoms with E-state index in [-0.39, 0.29) is 85.6 Å². The number of fused-ring (bicyclic) bond motifs is 5. The van der Waals surface area contributed by atoms with Crippen LogP contribution < -0.4 is 41.0 Å². The quantitative estimate of drug-likeness (QED) is 0.0344. The van der Waals surface area contributed by atoms with Gasteiger partial charge >= 0.3 is 17.9 Å². The zero-order valence-electron chi connectivity index (χ0n) is 67.4. The molecule has 1 aliphatic rings. The average molecular weight is 1690 g/mol. The number of aliphatic hydroxyl groups is 1. The van der Waals surface area contributed by atoms with E-state index in [0.29, 0.717) is 12.0 Å². The third-order valence-electron chi connectivity index (χ3n) is 15.5. The number of aromatic hydroxyl groups is 2. The molecule has 5 atom stereocenters. The van der Waals surface area contributed by atoms with Crippen molar-refractivity contribution in [2.45, 2.75) is 239 Å². The van der Waals surface area contributed by atoms with Crippen LogP contribution in [0.15, 0.2) is 36.4 Å². The normalized spacial score (nSPS) is 14.9. The van der Waals surface area contributed by atoms with Crippen LogP contribution in [0.2, 0.25) is 0 Å². The summed E-state index contributed by atoms with van der Waals surface area (Å²) in [4.78, 5) is 162. The van der Waals surface area contributed by atoms with Gasteiger partial charge in [0.1, 0.15) is 40.8 Å². The summed E-state index contributed by atoms with van der Waals surface area (Å²) >= 11 is 0. The molecule has 1 heterocycles. The van der Waals surface area contributed by atoms with Crippen molar-refractivity contribution in [3.05, 3.63) is 47.5 Å². The zero-order valence-corrected chi connectivity index (χ0v) is 70.7. The first-order valence-electron chi connectivity index (χ1n) is 36.4. The molecule has 4 bridgehead atoms. The van der Waals surface area contributed by atoms with E-state index in [1.165, 1.54) is 127 Å². The van der Waals surface area contributed by atoms with Crippen molar-refractivity contribution in [2.24, 2.45) is 16.8 Å². The molecule has 37 nitrogen and oxygen atoms in total. The number of rotatable bonds is 36. The van der Waals surface area contributed by atoms with Crippen molar-refractivity contribution in [3.63, 3.8) is 0 Å². The lowest BCUT2D eigenvalue weighted by Gasteiger charge is -2.30. The molecule has 14 N–H and O–H groups in total. The minimum Gasteiger partial charge on any atom is -0.507 e. The number of carbonyl (C=O) groups excluding carboxylic acids is 12. The second-order valence-corrected chi connectivity index (χ2v) is 35.9. The summed E-state index contributed by atoms with van der Waals surface area (Å²) in [5.74, 6) is -10.7. The highest BCUT2D eigenvalue weighted by Crippen LogP contribution is 2.39. The Kier molecular flexibility index (Phi) is 48.8. The number of nitrogens with zero attached hydrogens (tertiary/aromatic N) is 2. The van der Waals surface area contributed by atoms with Gasteiger partial charge in [-0.3, -0.25) is 76.5 Å². The summed E-state index contributed by atoms with van der Waals surface area (Å²) in [6.07, 6.45) is 16.7. The van der Waals surface area contributed by atoms with Crippen LogP contribution in [0.1, 0.15) is 214 Å². The van der Waals surface area contributed by atoms with Crippen LogP contribution in [-0.4, -0.2) is 229 Å². The fraction of sp³-hybridized carbons (Fsp3) is 0.653. The molecule has 0 aromatic heterocycles. The fourth-order valence-electron chi connectivity index (χ4n) is 10.2. The Morgan fingerprint density at radius 3 is 1.49 bits per heavy atom. The van der Waals surface area contributed by atoms with Gasteiger partial charge < -0.3 is 61.4 Å². The Labute approximate surface area is 663 Å². The number of sulfonamides is 4. The minimum atomic E-state index is -3.93. The first kappa shape index (κ1) is 106. The number of ether oxygens (including phenoxy) is 2. The van der Waals surface area contributed by atoms with E-state index in [2.05, 4.69) is 28.0 Å². The summed E-state index contributed by atoms with van der Waals surface area (Å²) < 4.78 is 98.6. The van der Waals surface area contributed by atoms with Crippen molar-refractivity contribution >= 4 is 117 Å². The zero-order chi connectivity index (χ0) is 87.6. The lowest BCUT2D eigenvalue weighted by Crippen LogP contribution is -2.53. The van der Waals surface area contributed by atoms with E-state index in [1.807, 2.05) is 0 Å². The Morgan fingerprint density at radius 1 is 0.602 bits per heavy atom.